The molecule has 0 aromatic rings. The van der Waals surface area contributed by atoms with Crippen molar-refractivity contribution < 1.29 is 9.53 Å². The van der Waals surface area contributed by atoms with Crippen LogP contribution in [0.3, 0.4) is 0 Å². The largest absolute Gasteiger partial charge is 0.385 e. The number of ether oxygens (including phenoxy) is 1. The zero-order valence-corrected chi connectivity index (χ0v) is 4.89. The van der Waals surface area contributed by atoms with Gasteiger partial charge in [-0.1, -0.05) is 0 Å². The maximum atomic E-state index is 9.58. The van der Waals surface area contributed by atoms with E-state index >= 15 is 0 Å². The third-order valence-electron chi connectivity index (χ3n) is 0.652. The molecule has 0 bridgehead atoms. The smallest absolute Gasteiger partial charge is 0.207 e. The Kier molecular flexibility index (Phi) is 5.97. The highest BCUT2D eigenvalue weighted by atomic mass is 16.5. The fourth-order valence-corrected chi connectivity index (χ4v) is 0.308. The van der Waals surface area contributed by atoms with Crippen LogP contribution in [0.4, 0.5) is 0 Å². The molecule has 1 radical (unpaired) electrons. The number of carbonyl (C=O) groups is 1. The van der Waals surface area contributed by atoms with Crippen molar-refractivity contribution in [1.29, 1.82) is 0 Å². The highest BCUT2D eigenvalue weighted by Gasteiger charge is 1.81. The van der Waals surface area contributed by atoms with Gasteiger partial charge in [0.05, 0.1) is 6.54 Å². The Labute approximate surface area is 49.0 Å². The van der Waals surface area contributed by atoms with E-state index in [0.29, 0.717) is 13.0 Å². The van der Waals surface area contributed by atoms with Gasteiger partial charge in [-0.25, -0.2) is 0 Å². The van der Waals surface area contributed by atoms with Crippen molar-refractivity contribution in [2.45, 2.75) is 6.42 Å². The second kappa shape index (κ2) is 6.43. The molecule has 0 atom stereocenters. The first-order valence-corrected chi connectivity index (χ1v) is 2.42. The van der Waals surface area contributed by atoms with Crippen LogP contribution >= 0.6 is 0 Å². The lowest BCUT2D eigenvalue weighted by atomic mass is 10.5. The van der Waals surface area contributed by atoms with Crippen molar-refractivity contribution in [2.24, 2.45) is 0 Å². The number of amides is 1. The fourth-order valence-electron chi connectivity index (χ4n) is 0.308. The first kappa shape index (κ1) is 7.43. The molecule has 8 heavy (non-hydrogen) atoms. The Morgan fingerprint density at radius 1 is 1.75 bits per heavy atom. The monoisotopic (exact) mass is 116 g/mol. The third kappa shape index (κ3) is 5.43. The van der Waals surface area contributed by atoms with Crippen LogP contribution < -0.4 is 5.32 Å². The van der Waals surface area contributed by atoms with Gasteiger partial charge in [-0.15, -0.1) is 0 Å². The van der Waals surface area contributed by atoms with Gasteiger partial charge in [0.2, 0.25) is 6.41 Å². The van der Waals surface area contributed by atoms with Crippen molar-refractivity contribution in [3.8, 4) is 0 Å². The molecular weight excluding hydrogens is 106 g/mol. The van der Waals surface area contributed by atoms with Crippen molar-refractivity contribution in [2.75, 3.05) is 13.7 Å². The van der Waals surface area contributed by atoms with Crippen LogP contribution in [0.2, 0.25) is 0 Å². The number of hydrogen-bond acceptors (Lipinski definition) is 2. The van der Waals surface area contributed by atoms with Gasteiger partial charge in [-0.2, -0.15) is 0 Å². The summed E-state index contributed by atoms with van der Waals surface area (Å²) in [6.45, 7) is 2.30. The van der Waals surface area contributed by atoms with Gasteiger partial charge in [0, 0.05) is 13.7 Å². The van der Waals surface area contributed by atoms with Crippen LogP contribution in [0.5, 0.6) is 0 Å². The predicted molar refractivity (Wildman–Crippen MR) is 30.0 cm³/mol. The number of hydrogen-bond donors (Lipinski definition) is 1. The molecule has 0 aliphatic heterocycles. The van der Waals surface area contributed by atoms with E-state index in [0.717, 1.165) is 6.42 Å². The lowest BCUT2D eigenvalue weighted by Gasteiger charge is -1.94. The minimum atomic E-state index is 0.635. The fraction of sp³-hybridized carbons (Fsp3) is 0.600. The highest BCUT2D eigenvalue weighted by molar-refractivity contribution is 5.46. The van der Waals surface area contributed by atoms with E-state index in [1.807, 2.05) is 0 Å². The maximum Gasteiger partial charge on any atom is 0.207 e. The van der Waals surface area contributed by atoms with Crippen LogP contribution in [-0.2, 0) is 9.53 Å². The minimum absolute atomic E-state index is 0.635. The SMILES string of the molecule is COCC[CH]NC=O. The Balaban J connectivity index is 2.62. The molecule has 0 aromatic heterocycles. The number of rotatable bonds is 5. The van der Waals surface area contributed by atoms with Crippen LogP contribution in [0.15, 0.2) is 0 Å². The van der Waals surface area contributed by atoms with E-state index in [-0.39, 0.29) is 0 Å². The summed E-state index contributed by atoms with van der Waals surface area (Å²) in [5, 5.41) is 2.40. The number of methoxy groups -OCH3 is 1. The molecule has 0 spiro atoms. The van der Waals surface area contributed by atoms with Crippen molar-refractivity contribution in [3.63, 3.8) is 0 Å². The summed E-state index contributed by atoms with van der Waals surface area (Å²) in [5.74, 6) is 0. The zero-order chi connectivity index (χ0) is 6.24. The number of carbonyl (C=O) groups excluding carboxylic acids is 1. The molecule has 0 aliphatic carbocycles. The molecule has 0 aromatic carbocycles. The molecule has 47 valence electrons. The van der Waals surface area contributed by atoms with Gasteiger partial charge >= 0.3 is 0 Å². The third-order valence-corrected chi connectivity index (χ3v) is 0.652. The molecule has 1 N–H and O–H groups in total. The molecule has 1 amide bonds. The predicted octanol–water partition coefficient (Wildman–Crippen LogP) is -0.0693. The Morgan fingerprint density at radius 2 is 2.50 bits per heavy atom. The van der Waals surface area contributed by atoms with E-state index in [2.05, 4.69) is 5.32 Å². The van der Waals surface area contributed by atoms with Gasteiger partial charge in [-0.05, 0) is 6.42 Å². The van der Waals surface area contributed by atoms with Crippen molar-refractivity contribution >= 4 is 6.41 Å². The van der Waals surface area contributed by atoms with Crippen LogP contribution in [0.1, 0.15) is 6.42 Å². The van der Waals surface area contributed by atoms with Gasteiger partial charge < -0.3 is 10.1 Å². The molecule has 0 saturated carbocycles. The molecular formula is C5H10NO2. The summed E-state index contributed by atoms with van der Waals surface area (Å²) in [5.41, 5.74) is 0. The number of nitrogens with one attached hydrogen (secondary N) is 1. The van der Waals surface area contributed by atoms with Crippen LogP contribution in [0, 0.1) is 6.54 Å². The second-order valence-corrected chi connectivity index (χ2v) is 1.27. The topological polar surface area (TPSA) is 38.3 Å². The summed E-state index contributed by atoms with van der Waals surface area (Å²) < 4.78 is 4.70. The maximum absolute atomic E-state index is 9.58. The average Bonchev–Trinajstić information content (AvgIpc) is 1.81. The average molecular weight is 116 g/mol. The van der Waals surface area contributed by atoms with E-state index in [4.69, 9.17) is 4.74 Å². The van der Waals surface area contributed by atoms with Gasteiger partial charge in [0.25, 0.3) is 0 Å². The molecule has 3 heteroatoms. The van der Waals surface area contributed by atoms with E-state index in [1.54, 1.807) is 13.7 Å². The van der Waals surface area contributed by atoms with E-state index in [9.17, 15) is 4.79 Å². The first-order valence-electron chi connectivity index (χ1n) is 2.42. The lowest BCUT2D eigenvalue weighted by Crippen LogP contribution is -2.07. The Hall–Kier alpha value is -0.570. The lowest BCUT2D eigenvalue weighted by molar-refractivity contribution is -0.109. The van der Waals surface area contributed by atoms with Gasteiger partial charge in [-0.3, -0.25) is 4.79 Å². The quantitative estimate of drug-likeness (QED) is 0.403. The van der Waals surface area contributed by atoms with Crippen molar-refractivity contribution in [1.82, 2.24) is 5.32 Å². The standard InChI is InChI=1S/C5H10NO2/c1-8-4-2-3-6-5-7/h3,5H,2,4H2,1H3,(H,6,7). The first-order chi connectivity index (χ1) is 3.91. The van der Waals surface area contributed by atoms with Crippen LogP contribution in [0.25, 0.3) is 0 Å². The Bertz CT molecular complexity index is 56.4. The normalized spacial score (nSPS) is 8.62. The van der Waals surface area contributed by atoms with Crippen LogP contribution in [-0.4, -0.2) is 20.1 Å². The molecule has 0 saturated heterocycles. The highest BCUT2D eigenvalue weighted by Crippen LogP contribution is 1.79. The summed E-state index contributed by atoms with van der Waals surface area (Å²) in [6.07, 6.45) is 1.39. The minimum Gasteiger partial charge on any atom is -0.385 e. The zero-order valence-electron chi connectivity index (χ0n) is 4.89. The van der Waals surface area contributed by atoms with Crippen molar-refractivity contribution in [3.05, 3.63) is 6.54 Å². The van der Waals surface area contributed by atoms with Gasteiger partial charge in [0.1, 0.15) is 0 Å². The van der Waals surface area contributed by atoms with E-state index < -0.39 is 0 Å². The summed E-state index contributed by atoms with van der Waals surface area (Å²) in [7, 11) is 1.62. The summed E-state index contributed by atoms with van der Waals surface area (Å²) in [4.78, 5) is 9.58. The second-order valence-electron chi connectivity index (χ2n) is 1.27. The summed E-state index contributed by atoms with van der Waals surface area (Å²) in [6, 6.07) is 0. The van der Waals surface area contributed by atoms with E-state index in [1.165, 1.54) is 0 Å². The molecule has 3 nitrogen and oxygen atoms in total. The molecule has 0 unspecified atom stereocenters. The molecule has 0 aliphatic rings. The molecule has 0 heterocycles. The van der Waals surface area contributed by atoms with Gasteiger partial charge in [0.15, 0.2) is 0 Å². The molecule has 0 rings (SSSR count). The Morgan fingerprint density at radius 3 is 3.00 bits per heavy atom. The molecule has 0 fully saturated rings. The summed E-state index contributed by atoms with van der Waals surface area (Å²) >= 11 is 0.